The number of ketones is 1. The Kier molecular flexibility index (Phi) is 8.30. The van der Waals surface area contributed by atoms with Gasteiger partial charge in [0, 0.05) is 28.6 Å². The first kappa shape index (κ1) is 25.7. The minimum atomic E-state index is -0.969. The number of benzene rings is 1. The van der Waals surface area contributed by atoms with E-state index in [4.69, 9.17) is 14.2 Å². The summed E-state index contributed by atoms with van der Waals surface area (Å²) in [6.07, 6.45) is 0.444. The van der Waals surface area contributed by atoms with Crippen LogP contribution in [0.4, 0.5) is 0 Å². The Hall–Kier alpha value is -2.94. The fraction of sp³-hybridized carbons (Fsp3) is 0.480. The standard InChI is InChI=1S/C25H31NO7S/c1-6-34-10-9-33-25(30)20-14(3)26-16-11-13(2)19(24(29)32-5)23(28)22(16)21(20)15-7-8-17(27)18(12-15)31-4/h7-8,12-13,19,21,26-27H,6,9-11H2,1-5H3. The van der Waals surface area contributed by atoms with Crippen molar-refractivity contribution in [3.05, 3.63) is 46.3 Å². The van der Waals surface area contributed by atoms with E-state index in [-0.39, 0.29) is 29.8 Å². The molecule has 184 valence electrons. The molecule has 0 saturated carbocycles. The molecule has 0 aromatic heterocycles. The largest absolute Gasteiger partial charge is 0.504 e. The number of phenolic OH excluding ortho intramolecular Hbond substituents is 1. The van der Waals surface area contributed by atoms with Gasteiger partial charge in [-0.25, -0.2) is 4.79 Å². The summed E-state index contributed by atoms with van der Waals surface area (Å²) in [6.45, 7) is 5.87. The number of ether oxygens (including phenoxy) is 3. The third-order valence-electron chi connectivity index (χ3n) is 6.17. The van der Waals surface area contributed by atoms with Gasteiger partial charge in [-0.15, -0.1) is 0 Å². The van der Waals surface area contributed by atoms with E-state index < -0.39 is 23.8 Å². The molecular formula is C25H31NO7S. The van der Waals surface area contributed by atoms with Crippen LogP contribution in [-0.2, 0) is 23.9 Å². The number of esters is 2. The molecule has 3 rings (SSSR count). The van der Waals surface area contributed by atoms with Gasteiger partial charge in [0.25, 0.3) is 0 Å². The Balaban J connectivity index is 2.12. The van der Waals surface area contributed by atoms with Gasteiger partial charge < -0.3 is 24.6 Å². The average molecular weight is 490 g/mol. The van der Waals surface area contributed by atoms with Crippen LogP contribution in [0.1, 0.15) is 38.7 Å². The van der Waals surface area contributed by atoms with Gasteiger partial charge in [-0.05, 0) is 42.7 Å². The summed E-state index contributed by atoms with van der Waals surface area (Å²) in [6, 6.07) is 4.70. The SMILES string of the molecule is CCSCCOC(=O)C1=C(C)NC2=C(C(=O)C(C(=O)OC)C(C)C2)C1c1ccc(O)c(OC)c1. The zero-order valence-electron chi connectivity index (χ0n) is 20.1. The van der Waals surface area contributed by atoms with Crippen molar-refractivity contribution < 1.29 is 33.7 Å². The zero-order valence-corrected chi connectivity index (χ0v) is 20.9. The molecule has 0 saturated heterocycles. The van der Waals surface area contributed by atoms with Gasteiger partial charge in [-0.2, -0.15) is 11.8 Å². The fourth-order valence-corrected chi connectivity index (χ4v) is 5.06. The van der Waals surface area contributed by atoms with Gasteiger partial charge in [0.2, 0.25) is 0 Å². The van der Waals surface area contributed by atoms with Crippen LogP contribution in [0.15, 0.2) is 40.7 Å². The first-order chi connectivity index (χ1) is 16.2. The fourth-order valence-electron chi connectivity index (χ4n) is 4.57. The van der Waals surface area contributed by atoms with E-state index in [9.17, 15) is 19.5 Å². The number of rotatable bonds is 8. The van der Waals surface area contributed by atoms with E-state index in [1.54, 1.807) is 30.8 Å². The lowest BCUT2D eigenvalue weighted by Gasteiger charge is -2.38. The predicted molar refractivity (Wildman–Crippen MR) is 129 cm³/mol. The molecule has 2 N–H and O–H groups in total. The molecule has 0 fully saturated rings. The molecule has 0 spiro atoms. The molecule has 2 aliphatic rings. The number of phenols is 1. The number of allylic oxidation sites excluding steroid dienone is 3. The summed E-state index contributed by atoms with van der Waals surface area (Å²) in [5, 5.41) is 13.3. The second kappa shape index (κ2) is 11.0. The summed E-state index contributed by atoms with van der Waals surface area (Å²) >= 11 is 1.66. The van der Waals surface area contributed by atoms with Crippen molar-refractivity contribution in [1.82, 2.24) is 5.32 Å². The number of thioether (sulfide) groups is 1. The van der Waals surface area contributed by atoms with Crippen molar-refractivity contribution in [3.8, 4) is 11.5 Å². The van der Waals surface area contributed by atoms with Crippen LogP contribution in [0.2, 0.25) is 0 Å². The molecule has 1 aliphatic heterocycles. The number of aromatic hydroxyl groups is 1. The molecule has 0 amide bonds. The second-order valence-corrected chi connectivity index (χ2v) is 9.69. The molecule has 8 nitrogen and oxygen atoms in total. The molecule has 1 aromatic rings. The summed E-state index contributed by atoms with van der Waals surface area (Å²) in [5.74, 6) is -1.82. The molecule has 3 unspecified atom stereocenters. The van der Waals surface area contributed by atoms with Crippen LogP contribution in [0.5, 0.6) is 11.5 Å². The Morgan fingerprint density at radius 3 is 2.65 bits per heavy atom. The van der Waals surface area contributed by atoms with Crippen LogP contribution in [0, 0.1) is 11.8 Å². The molecule has 1 aliphatic carbocycles. The Morgan fingerprint density at radius 1 is 1.26 bits per heavy atom. The smallest absolute Gasteiger partial charge is 0.336 e. The van der Waals surface area contributed by atoms with Crippen molar-refractivity contribution in [2.24, 2.45) is 11.8 Å². The van der Waals surface area contributed by atoms with E-state index in [0.29, 0.717) is 40.3 Å². The van der Waals surface area contributed by atoms with Gasteiger partial charge in [0.1, 0.15) is 12.5 Å². The second-order valence-electron chi connectivity index (χ2n) is 8.30. The van der Waals surface area contributed by atoms with Gasteiger partial charge in [-0.3, -0.25) is 9.59 Å². The maximum Gasteiger partial charge on any atom is 0.336 e. The maximum absolute atomic E-state index is 13.7. The highest BCUT2D eigenvalue weighted by atomic mass is 32.2. The maximum atomic E-state index is 13.7. The quantitative estimate of drug-likeness (QED) is 0.323. The third kappa shape index (κ3) is 4.94. The predicted octanol–water partition coefficient (Wildman–Crippen LogP) is 3.31. The van der Waals surface area contributed by atoms with Crippen LogP contribution in [0.3, 0.4) is 0 Å². The zero-order chi connectivity index (χ0) is 25.0. The summed E-state index contributed by atoms with van der Waals surface area (Å²) in [5.41, 5.74) is 2.45. The minimum Gasteiger partial charge on any atom is -0.504 e. The number of hydrogen-bond donors (Lipinski definition) is 2. The Morgan fingerprint density at radius 2 is 2.00 bits per heavy atom. The molecule has 0 bridgehead atoms. The lowest BCUT2D eigenvalue weighted by Crippen LogP contribution is -2.43. The lowest BCUT2D eigenvalue weighted by atomic mass is 9.69. The van der Waals surface area contributed by atoms with Gasteiger partial charge in [0.15, 0.2) is 17.3 Å². The monoisotopic (exact) mass is 489 g/mol. The highest BCUT2D eigenvalue weighted by Gasteiger charge is 2.47. The number of Topliss-reactive ketones (excluding diaryl/α,β-unsaturated/α-hetero) is 1. The average Bonchev–Trinajstić information content (AvgIpc) is 2.81. The lowest BCUT2D eigenvalue weighted by molar-refractivity contribution is -0.151. The highest BCUT2D eigenvalue weighted by Crippen LogP contribution is 2.46. The number of dihydropyridines is 1. The summed E-state index contributed by atoms with van der Waals surface area (Å²) < 4.78 is 15.7. The van der Waals surface area contributed by atoms with E-state index in [2.05, 4.69) is 5.32 Å². The van der Waals surface area contributed by atoms with Crippen molar-refractivity contribution in [3.63, 3.8) is 0 Å². The molecule has 3 atom stereocenters. The summed E-state index contributed by atoms with van der Waals surface area (Å²) in [4.78, 5) is 39.4. The molecule has 34 heavy (non-hydrogen) atoms. The van der Waals surface area contributed by atoms with E-state index >= 15 is 0 Å². The number of nitrogens with one attached hydrogen (secondary N) is 1. The van der Waals surface area contributed by atoms with Crippen molar-refractivity contribution in [2.45, 2.75) is 33.1 Å². The molecule has 0 radical (unpaired) electrons. The molecule has 9 heteroatoms. The van der Waals surface area contributed by atoms with Crippen molar-refractivity contribution >= 4 is 29.5 Å². The number of carbonyl (C=O) groups excluding carboxylic acids is 3. The number of methoxy groups -OCH3 is 2. The van der Waals surface area contributed by atoms with Crippen molar-refractivity contribution in [1.29, 1.82) is 0 Å². The minimum absolute atomic E-state index is 0.0631. The Labute approximate surface area is 203 Å². The molecule has 1 heterocycles. The number of carbonyl (C=O) groups is 3. The topological polar surface area (TPSA) is 111 Å². The van der Waals surface area contributed by atoms with E-state index in [1.807, 2.05) is 13.8 Å². The normalized spacial score (nSPS) is 22.1. The first-order valence-corrected chi connectivity index (χ1v) is 12.3. The van der Waals surface area contributed by atoms with Crippen molar-refractivity contribution in [2.75, 3.05) is 32.3 Å². The van der Waals surface area contributed by atoms with Crippen LogP contribution >= 0.6 is 11.8 Å². The van der Waals surface area contributed by atoms with Gasteiger partial charge in [-0.1, -0.05) is 19.9 Å². The molecule has 1 aromatic carbocycles. The Bertz CT molecular complexity index is 1050. The van der Waals surface area contributed by atoms with Crippen LogP contribution in [0.25, 0.3) is 0 Å². The van der Waals surface area contributed by atoms with Gasteiger partial charge >= 0.3 is 11.9 Å². The third-order valence-corrected chi connectivity index (χ3v) is 7.03. The number of hydrogen-bond acceptors (Lipinski definition) is 9. The first-order valence-electron chi connectivity index (χ1n) is 11.2. The summed E-state index contributed by atoms with van der Waals surface area (Å²) in [7, 11) is 2.68. The highest BCUT2D eigenvalue weighted by molar-refractivity contribution is 7.99. The van der Waals surface area contributed by atoms with E-state index in [0.717, 1.165) is 5.75 Å². The molecular weight excluding hydrogens is 458 g/mol. The van der Waals surface area contributed by atoms with Gasteiger partial charge in [0.05, 0.1) is 19.8 Å². The van der Waals surface area contributed by atoms with E-state index in [1.165, 1.54) is 20.3 Å². The van der Waals surface area contributed by atoms with Crippen LogP contribution < -0.4 is 10.1 Å². The van der Waals surface area contributed by atoms with Crippen LogP contribution in [-0.4, -0.2) is 55.2 Å².